The lowest BCUT2D eigenvalue weighted by atomic mass is 10.1. The summed E-state index contributed by atoms with van der Waals surface area (Å²) in [6, 6.07) is 11.1. The van der Waals surface area contributed by atoms with E-state index in [0.29, 0.717) is 29.9 Å². The average Bonchev–Trinajstić information content (AvgIpc) is 2.80. The molecule has 1 aromatic carbocycles. The third-order valence-electron chi connectivity index (χ3n) is 5.09. The van der Waals surface area contributed by atoms with Crippen LogP contribution in [-0.2, 0) is 9.53 Å². The van der Waals surface area contributed by atoms with E-state index >= 15 is 0 Å². The van der Waals surface area contributed by atoms with Gasteiger partial charge in [0.1, 0.15) is 5.75 Å². The van der Waals surface area contributed by atoms with Crippen molar-refractivity contribution >= 4 is 16.9 Å². The number of rotatable bonds is 12. The molecule has 0 aliphatic rings. The van der Waals surface area contributed by atoms with E-state index in [-0.39, 0.29) is 11.6 Å². The number of unbranched alkanes of at least 4 members (excludes halogenated alkanes) is 5. The van der Waals surface area contributed by atoms with Gasteiger partial charge < -0.3 is 13.9 Å². The molecule has 6 heteroatoms. The van der Waals surface area contributed by atoms with Gasteiger partial charge in [0.15, 0.2) is 5.58 Å². The molecular weight excluding hydrogens is 406 g/mol. The van der Waals surface area contributed by atoms with Gasteiger partial charge in [-0.05, 0) is 49.6 Å². The van der Waals surface area contributed by atoms with Crippen LogP contribution in [0.3, 0.4) is 0 Å². The summed E-state index contributed by atoms with van der Waals surface area (Å²) < 4.78 is 16.2. The van der Waals surface area contributed by atoms with Crippen LogP contribution in [0.5, 0.6) is 5.75 Å². The standard InChI is InChI=1S/C26H29NO5/c1-19(2)25(28)31-16-8-6-4-3-5-7-15-30-22-11-9-20(10-12-22)23-17-21-13-14-27-18-24(21)32-26(23)29/h9-14,17-18H,1,3-8,15-16H2,2H3. The Morgan fingerprint density at radius 1 is 1.00 bits per heavy atom. The third-order valence-corrected chi connectivity index (χ3v) is 5.09. The molecular formula is C26H29NO5. The van der Waals surface area contributed by atoms with Gasteiger partial charge in [0, 0.05) is 17.2 Å². The highest BCUT2D eigenvalue weighted by molar-refractivity contribution is 5.86. The molecule has 0 fully saturated rings. The molecule has 0 spiro atoms. The summed E-state index contributed by atoms with van der Waals surface area (Å²) in [6.45, 7) is 6.33. The lowest BCUT2D eigenvalue weighted by molar-refractivity contribution is -0.139. The van der Waals surface area contributed by atoms with Gasteiger partial charge in [-0.3, -0.25) is 4.98 Å². The minimum absolute atomic E-state index is 0.312. The molecule has 32 heavy (non-hydrogen) atoms. The molecule has 0 unspecified atom stereocenters. The highest BCUT2D eigenvalue weighted by Crippen LogP contribution is 2.23. The van der Waals surface area contributed by atoms with Crippen molar-refractivity contribution in [2.75, 3.05) is 13.2 Å². The molecule has 0 aliphatic carbocycles. The van der Waals surface area contributed by atoms with E-state index in [1.165, 1.54) is 0 Å². The van der Waals surface area contributed by atoms with Crippen molar-refractivity contribution in [2.45, 2.75) is 45.4 Å². The topological polar surface area (TPSA) is 78.6 Å². The van der Waals surface area contributed by atoms with Crippen LogP contribution in [-0.4, -0.2) is 24.2 Å². The second kappa shape index (κ2) is 11.8. The fourth-order valence-electron chi connectivity index (χ4n) is 3.29. The fourth-order valence-corrected chi connectivity index (χ4v) is 3.29. The number of hydrogen-bond acceptors (Lipinski definition) is 6. The maximum absolute atomic E-state index is 12.3. The molecule has 0 atom stereocenters. The molecule has 2 heterocycles. The maximum Gasteiger partial charge on any atom is 0.344 e. The lowest BCUT2D eigenvalue weighted by Gasteiger charge is -2.08. The van der Waals surface area contributed by atoms with Gasteiger partial charge in [-0.2, -0.15) is 0 Å². The van der Waals surface area contributed by atoms with Crippen LogP contribution in [0.1, 0.15) is 45.4 Å². The SMILES string of the molecule is C=C(C)C(=O)OCCCCCCCCOc1ccc(-c2cc3ccncc3oc2=O)cc1. The van der Waals surface area contributed by atoms with E-state index in [1.54, 1.807) is 19.3 Å². The van der Waals surface area contributed by atoms with Crippen molar-refractivity contribution in [1.82, 2.24) is 4.98 Å². The molecule has 0 saturated heterocycles. The molecule has 0 bridgehead atoms. The fraction of sp³-hybridized carbons (Fsp3) is 0.346. The van der Waals surface area contributed by atoms with Crippen molar-refractivity contribution in [2.24, 2.45) is 0 Å². The number of fused-ring (bicyclic) bond motifs is 1. The molecule has 0 N–H and O–H groups in total. The van der Waals surface area contributed by atoms with Crippen molar-refractivity contribution in [3.05, 3.63) is 71.4 Å². The molecule has 0 saturated carbocycles. The van der Waals surface area contributed by atoms with Gasteiger partial charge in [0.2, 0.25) is 0 Å². The molecule has 0 aliphatic heterocycles. The smallest absolute Gasteiger partial charge is 0.344 e. The molecule has 6 nitrogen and oxygen atoms in total. The Bertz CT molecular complexity index is 1100. The second-order valence-electron chi connectivity index (χ2n) is 7.77. The van der Waals surface area contributed by atoms with Gasteiger partial charge in [-0.1, -0.05) is 44.4 Å². The van der Waals surface area contributed by atoms with Gasteiger partial charge >= 0.3 is 11.6 Å². The van der Waals surface area contributed by atoms with Gasteiger partial charge in [-0.25, -0.2) is 9.59 Å². The number of carbonyl (C=O) groups excluding carboxylic acids is 1. The largest absolute Gasteiger partial charge is 0.494 e. The Balaban J connectivity index is 1.34. The van der Waals surface area contributed by atoms with E-state index in [0.717, 1.165) is 55.2 Å². The monoisotopic (exact) mass is 435 g/mol. The Hall–Kier alpha value is -3.41. The highest BCUT2D eigenvalue weighted by Gasteiger charge is 2.08. The van der Waals surface area contributed by atoms with Gasteiger partial charge in [0.25, 0.3) is 0 Å². The summed E-state index contributed by atoms with van der Waals surface area (Å²) >= 11 is 0. The summed E-state index contributed by atoms with van der Waals surface area (Å²) in [5, 5.41) is 0.836. The van der Waals surface area contributed by atoms with Gasteiger partial charge in [0.05, 0.1) is 25.0 Å². The van der Waals surface area contributed by atoms with Crippen LogP contribution in [0, 0.1) is 0 Å². The van der Waals surface area contributed by atoms with E-state index in [9.17, 15) is 9.59 Å². The molecule has 0 radical (unpaired) electrons. The normalized spacial score (nSPS) is 10.8. The number of nitrogens with zero attached hydrogens (tertiary/aromatic N) is 1. The minimum Gasteiger partial charge on any atom is -0.494 e. The first-order chi connectivity index (χ1) is 15.5. The van der Waals surface area contributed by atoms with Crippen LogP contribution in [0.25, 0.3) is 22.1 Å². The van der Waals surface area contributed by atoms with E-state index < -0.39 is 0 Å². The summed E-state index contributed by atoms with van der Waals surface area (Å²) in [6.07, 6.45) is 9.46. The Morgan fingerprint density at radius 2 is 1.69 bits per heavy atom. The first-order valence-corrected chi connectivity index (χ1v) is 11.0. The average molecular weight is 436 g/mol. The molecule has 3 rings (SSSR count). The van der Waals surface area contributed by atoms with E-state index in [4.69, 9.17) is 13.9 Å². The molecule has 168 valence electrons. The first kappa shape index (κ1) is 23.3. The number of aromatic nitrogens is 1. The second-order valence-corrected chi connectivity index (χ2v) is 7.77. The zero-order valence-corrected chi connectivity index (χ0v) is 18.5. The van der Waals surface area contributed by atoms with E-state index in [1.807, 2.05) is 36.4 Å². The molecule has 2 aromatic heterocycles. The zero-order chi connectivity index (χ0) is 22.8. The summed E-state index contributed by atoms with van der Waals surface area (Å²) in [5.41, 5.74) is 1.85. The Kier molecular flexibility index (Phi) is 8.61. The lowest BCUT2D eigenvalue weighted by Crippen LogP contribution is -2.06. The first-order valence-electron chi connectivity index (χ1n) is 11.0. The summed E-state index contributed by atoms with van der Waals surface area (Å²) in [4.78, 5) is 27.5. The zero-order valence-electron chi connectivity index (χ0n) is 18.5. The number of carbonyl (C=O) groups is 1. The Labute approximate surface area is 187 Å². The van der Waals surface area contributed by atoms with Crippen molar-refractivity contribution < 1.29 is 18.7 Å². The quantitative estimate of drug-likeness (QED) is 0.206. The van der Waals surface area contributed by atoms with Crippen LogP contribution in [0.15, 0.2) is 70.2 Å². The van der Waals surface area contributed by atoms with Crippen molar-refractivity contribution in [3.8, 4) is 16.9 Å². The number of benzene rings is 1. The number of pyridine rings is 1. The van der Waals surface area contributed by atoms with Crippen LogP contribution in [0.4, 0.5) is 0 Å². The predicted molar refractivity (Wildman–Crippen MR) is 125 cm³/mol. The van der Waals surface area contributed by atoms with Crippen LogP contribution < -0.4 is 10.4 Å². The van der Waals surface area contributed by atoms with E-state index in [2.05, 4.69) is 11.6 Å². The molecule has 0 amide bonds. The number of esters is 1. The maximum atomic E-state index is 12.3. The Morgan fingerprint density at radius 3 is 2.41 bits per heavy atom. The number of ether oxygens (including phenoxy) is 2. The predicted octanol–water partition coefficient (Wildman–Crippen LogP) is 5.69. The summed E-state index contributed by atoms with van der Waals surface area (Å²) in [7, 11) is 0. The van der Waals surface area contributed by atoms with Gasteiger partial charge in [-0.15, -0.1) is 0 Å². The highest BCUT2D eigenvalue weighted by atomic mass is 16.5. The van der Waals surface area contributed by atoms with Crippen LogP contribution in [0.2, 0.25) is 0 Å². The third kappa shape index (κ3) is 6.80. The van der Waals surface area contributed by atoms with Crippen molar-refractivity contribution in [3.63, 3.8) is 0 Å². The van der Waals surface area contributed by atoms with Crippen molar-refractivity contribution in [1.29, 1.82) is 0 Å². The molecule has 3 aromatic rings. The minimum atomic E-state index is -0.381. The van der Waals surface area contributed by atoms with Crippen LogP contribution >= 0.6 is 0 Å². The number of hydrogen-bond donors (Lipinski definition) is 0. The summed E-state index contributed by atoms with van der Waals surface area (Å²) in [5.74, 6) is 0.468.